The molecule has 0 N–H and O–H groups in total. The summed E-state index contributed by atoms with van der Waals surface area (Å²) in [6, 6.07) is 60.6. The molecule has 11 rings (SSSR count). The highest BCUT2D eigenvalue weighted by atomic mass is 15.2. The second-order valence-electron chi connectivity index (χ2n) is 16.2. The first-order valence-corrected chi connectivity index (χ1v) is 21.0. The molecule has 0 bridgehead atoms. The van der Waals surface area contributed by atoms with Crippen molar-refractivity contribution in [3.05, 3.63) is 170 Å². The lowest BCUT2D eigenvalue weighted by Crippen LogP contribution is -2.55. The molecule has 0 aliphatic carbocycles. The maximum Gasteiger partial charge on any atom is 0.238 e. The predicted octanol–water partition coefficient (Wildman–Crippen LogP) is 4.03. The molecular weight excluding hydrogens is 737 g/mol. The Morgan fingerprint density at radius 3 is 1.43 bits per heavy atom. The molecule has 8 aromatic carbocycles. The van der Waals surface area contributed by atoms with Gasteiger partial charge in [-0.3, -0.25) is 4.57 Å². The van der Waals surface area contributed by atoms with Crippen LogP contribution in [0.2, 0.25) is 0 Å². The van der Waals surface area contributed by atoms with Gasteiger partial charge in [0, 0.05) is 38.4 Å². The van der Waals surface area contributed by atoms with E-state index in [4.69, 9.17) is 15.0 Å². The summed E-state index contributed by atoms with van der Waals surface area (Å²) in [4.78, 5) is 16.2. The van der Waals surface area contributed by atoms with Crippen LogP contribution >= 0.6 is 0 Å². The number of fused-ring (bicyclic) bond motifs is 6. The van der Waals surface area contributed by atoms with Crippen LogP contribution in [0.4, 0.5) is 0 Å². The third-order valence-corrected chi connectivity index (χ3v) is 13.0. The molecule has 10 heteroatoms. The molecule has 282 valence electrons. The summed E-state index contributed by atoms with van der Waals surface area (Å²) in [7, 11) is 11.0. The van der Waals surface area contributed by atoms with E-state index in [0.29, 0.717) is 17.6 Å². The highest BCUT2D eigenvalue weighted by molar-refractivity contribution is 6.68. The van der Waals surface area contributed by atoms with E-state index in [1.807, 2.05) is 0 Å². The lowest BCUT2D eigenvalue weighted by molar-refractivity contribution is 0.955. The Bertz CT molecular complexity index is 3520. The minimum absolute atomic E-state index is 0.582. The zero-order valence-corrected chi connectivity index (χ0v) is 34.9. The van der Waals surface area contributed by atoms with E-state index >= 15 is 0 Å². The summed E-state index contributed by atoms with van der Waals surface area (Å²) in [5, 5.41) is 4.70. The van der Waals surface area contributed by atoms with Crippen LogP contribution in [-0.2, 0) is 0 Å². The van der Waals surface area contributed by atoms with Gasteiger partial charge < -0.3 is 4.57 Å². The van der Waals surface area contributed by atoms with E-state index in [1.54, 1.807) is 0 Å². The Morgan fingerprint density at radius 1 is 0.311 bits per heavy atom. The molecule has 0 aliphatic rings. The van der Waals surface area contributed by atoms with Gasteiger partial charge in [0.05, 0.1) is 22.1 Å². The molecule has 0 amide bonds. The van der Waals surface area contributed by atoms with Crippen molar-refractivity contribution in [3.63, 3.8) is 0 Å². The third kappa shape index (κ3) is 5.96. The van der Waals surface area contributed by atoms with Crippen molar-refractivity contribution in [2.45, 2.75) is 0 Å². The molecule has 0 atom stereocenters. The van der Waals surface area contributed by atoms with Crippen LogP contribution in [-0.4, -0.2) is 63.3 Å². The van der Waals surface area contributed by atoms with Gasteiger partial charge in [-0.1, -0.05) is 138 Å². The van der Waals surface area contributed by atoms with E-state index in [0.717, 1.165) is 60.8 Å². The van der Waals surface area contributed by atoms with Crippen LogP contribution in [0.3, 0.4) is 0 Å². The second-order valence-corrected chi connectivity index (χ2v) is 16.2. The van der Waals surface area contributed by atoms with Crippen LogP contribution in [0.5, 0.6) is 0 Å². The Kier molecular flexibility index (Phi) is 8.71. The quantitative estimate of drug-likeness (QED) is 0.240. The topological polar surface area (TPSA) is 48.5 Å². The number of rotatable bonds is 6. The molecule has 0 saturated heterocycles. The van der Waals surface area contributed by atoms with Gasteiger partial charge in [-0.2, -0.15) is 9.97 Å². The van der Waals surface area contributed by atoms with Crippen LogP contribution in [0.1, 0.15) is 0 Å². The lowest BCUT2D eigenvalue weighted by Gasteiger charge is -2.20. The van der Waals surface area contributed by atoms with Crippen LogP contribution in [0.15, 0.2) is 170 Å². The van der Waals surface area contributed by atoms with Gasteiger partial charge in [-0.15, -0.1) is 16.4 Å². The van der Waals surface area contributed by atoms with E-state index < -0.39 is 0 Å². The highest BCUT2D eigenvalue weighted by Crippen LogP contribution is 2.40. The minimum Gasteiger partial charge on any atom is -0.309 e. The molecule has 0 unspecified atom stereocenters. The van der Waals surface area contributed by atoms with Crippen molar-refractivity contribution in [1.29, 1.82) is 0 Å². The summed E-state index contributed by atoms with van der Waals surface area (Å²) in [5.41, 5.74) is 18.3. The molecule has 0 fully saturated rings. The second kappa shape index (κ2) is 14.5. The Hall–Kier alpha value is -7.31. The van der Waals surface area contributed by atoms with Gasteiger partial charge in [0.2, 0.25) is 5.95 Å². The zero-order valence-electron chi connectivity index (χ0n) is 34.9. The average molecular weight is 775 g/mol. The molecule has 0 aliphatic heterocycles. The maximum absolute atomic E-state index is 5.47. The van der Waals surface area contributed by atoms with Gasteiger partial charge in [-0.25, -0.2) is 4.98 Å². The molecule has 0 spiro atoms. The standard InChI is InChI=1S/C51H38B5N5/c52-44-43(45(53)47(55)48(56)46(44)54)50-57-49(33-19-11-17-31(25-33)29-13-3-1-4-14-29)58-51(59-50)61-40-24-10-8-22-36(40)38-27-37-35-21-7-9-23-39(35)60(41(37)28-42(38)61)34-20-12-18-32(26-34)30-15-5-2-6-16-30/h1-28H,52-56H2. The first-order valence-electron chi connectivity index (χ1n) is 21.0. The molecule has 3 heterocycles. The summed E-state index contributed by atoms with van der Waals surface area (Å²) >= 11 is 0. The summed E-state index contributed by atoms with van der Waals surface area (Å²) < 4.78 is 4.66. The number of nitrogens with zero attached hydrogens (tertiary/aromatic N) is 5. The van der Waals surface area contributed by atoms with Crippen LogP contribution < -0.4 is 27.3 Å². The van der Waals surface area contributed by atoms with Gasteiger partial charge in [-0.05, 0) is 64.7 Å². The molecule has 11 aromatic rings. The van der Waals surface area contributed by atoms with Crippen molar-refractivity contribution in [2.75, 3.05) is 0 Å². The number of benzene rings is 8. The number of aromatic nitrogens is 5. The highest BCUT2D eigenvalue weighted by Gasteiger charge is 2.23. The summed E-state index contributed by atoms with van der Waals surface area (Å²) in [6.45, 7) is 0. The number of hydrogen-bond donors (Lipinski definition) is 0. The van der Waals surface area contributed by atoms with E-state index in [2.05, 4.69) is 218 Å². The van der Waals surface area contributed by atoms with Crippen LogP contribution in [0, 0.1) is 0 Å². The molecular formula is C51H38B5N5. The average Bonchev–Trinajstić information content (AvgIpc) is 3.82. The van der Waals surface area contributed by atoms with Crippen molar-refractivity contribution in [3.8, 4) is 56.7 Å². The number of hydrogen-bond acceptors (Lipinski definition) is 3. The smallest absolute Gasteiger partial charge is 0.238 e. The van der Waals surface area contributed by atoms with E-state index in [9.17, 15) is 0 Å². The molecule has 61 heavy (non-hydrogen) atoms. The molecule has 3 aromatic heterocycles. The largest absolute Gasteiger partial charge is 0.309 e. The van der Waals surface area contributed by atoms with Crippen molar-refractivity contribution < 1.29 is 0 Å². The van der Waals surface area contributed by atoms with E-state index in [-0.39, 0.29) is 0 Å². The van der Waals surface area contributed by atoms with Gasteiger partial charge in [0.1, 0.15) is 39.2 Å². The summed E-state index contributed by atoms with van der Waals surface area (Å²) in [5.74, 6) is 1.88. The molecule has 5 nitrogen and oxygen atoms in total. The SMILES string of the molecule is Bc1c(B)c(B)c(-c2nc(-c3cccc(-c4ccccc4)c3)nc(-n3c4ccccc4c4cc5c6ccccc6n(-c6cccc(-c7ccccc7)c6)c5cc43)n2)c(B)c1B. The fraction of sp³-hybridized carbons (Fsp3) is 0. The number of para-hydroxylation sites is 2. The van der Waals surface area contributed by atoms with Gasteiger partial charge in [0.25, 0.3) is 0 Å². The first-order chi connectivity index (χ1) is 29.8. The van der Waals surface area contributed by atoms with Crippen molar-refractivity contribution in [1.82, 2.24) is 24.1 Å². The predicted molar refractivity (Wildman–Crippen MR) is 271 cm³/mol. The fourth-order valence-corrected chi connectivity index (χ4v) is 9.39. The summed E-state index contributed by atoms with van der Waals surface area (Å²) in [6.07, 6.45) is 0. The monoisotopic (exact) mass is 775 g/mol. The third-order valence-electron chi connectivity index (χ3n) is 13.0. The van der Waals surface area contributed by atoms with Crippen molar-refractivity contribution >= 4 is 110 Å². The molecule has 0 radical (unpaired) electrons. The lowest BCUT2D eigenvalue weighted by atomic mass is 9.60. The Balaban J connectivity index is 1.22. The van der Waals surface area contributed by atoms with Crippen LogP contribution in [0.25, 0.3) is 100 Å². The van der Waals surface area contributed by atoms with Crippen molar-refractivity contribution in [2.24, 2.45) is 0 Å². The normalized spacial score (nSPS) is 11.6. The fourth-order valence-electron chi connectivity index (χ4n) is 9.39. The first kappa shape index (κ1) is 36.8. The van der Waals surface area contributed by atoms with E-state index in [1.165, 1.54) is 49.2 Å². The maximum atomic E-state index is 5.47. The minimum atomic E-state index is 0.582. The Labute approximate surface area is 359 Å². The van der Waals surface area contributed by atoms with Gasteiger partial charge in [0.15, 0.2) is 11.6 Å². The molecule has 0 saturated carbocycles. The van der Waals surface area contributed by atoms with Gasteiger partial charge >= 0.3 is 0 Å². The Morgan fingerprint density at radius 2 is 0.787 bits per heavy atom. The zero-order chi connectivity index (χ0) is 41.4.